The van der Waals surface area contributed by atoms with Crippen molar-refractivity contribution in [2.75, 3.05) is 56.2 Å². The van der Waals surface area contributed by atoms with E-state index in [2.05, 4.69) is 34.4 Å². The molecule has 0 spiro atoms. The first-order valence-corrected chi connectivity index (χ1v) is 14.7. The minimum atomic E-state index is -0.262. The number of anilines is 2. The van der Waals surface area contributed by atoms with Gasteiger partial charge >= 0.3 is 6.01 Å². The lowest BCUT2D eigenvalue weighted by Gasteiger charge is -2.42. The summed E-state index contributed by atoms with van der Waals surface area (Å²) in [5.41, 5.74) is 2.91. The van der Waals surface area contributed by atoms with Gasteiger partial charge in [0.2, 0.25) is 5.91 Å². The molecule has 2 saturated heterocycles. The Bertz CT molecular complexity index is 1540. The Labute approximate surface area is 245 Å². The van der Waals surface area contributed by atoms with Crippen LogP contribution in [0.5, 0.6) is 6.01 Å². The lowest BCUT2D eigenvalue weighted by Crippen LogP contribution is -2.55. The van der Waals surface area contributed by atoms with Crippen molar-refractivity contribution in [3.05, 3.63) is 66.1 Å². The van der Waals surface area contributed by atoms with Gasteiger partial charge in [-0.25, -0.2) is 4.39 Å². The van der Waals surface area contributed by atoms with E-state index in [0.29, 0.717) is 56.6 Å². The number of carbonyl (C=O) groups excluding carboxylic acids is 1. The summed E-state index contributed by atoms with van der Waals surface area (Å²) in [6.07, 6.45) is 4.47. The van der Waals surface area contributed by atoms with Gasteiger partial charge in [-0.15, -0.1) is 0 Å². The molecule has 1 aromatic heterocycles. The Morgan fingerprint density at radius 3 is 2.71 bits per heavy atom. The van der Waals surface area contributed by atoms with E-state index in [1.165, 1.54) is 12.1 Å². The number of halogens is 1. The summed E-state index contributed by atoms with van der Waals surface area (Å²) in [4.78, 5) is 30.8. The van der Waals surface area contributed by atoms with Gasteiger partial charge in [0.25, 0.3) is 0 Å². The Morgan fingerprint density at radius 2 is 1.95 bits per heavy atom. The third-order valence-electron chi connectivity index (χ3n) is 8.85. The topological polar surface area (TPSA) is 88.8 Å². The van der Waals surface area contributed by atoms with Crippen LogP contribution in [0.4, 0.5) is 15.9 Å². The summed E-state index contributed by atoms with van der Waals surface area (Å²) in [6, 6.07) is 13.6. The van der Waals surface area contributed by atoms with E-state index in [-0.39, 0.29) is 24.2 Å². The average Bonchev–Trinajstić information content (AvgIpc) is 3.43. The summed E-state index contributed by atoms with van der Waals surface area (Å²) in [6.45, 7) is 8.03. The fourth-order valence-electron chi connectivity index (χ4n) is 6.54. The molecule has 3 aromatic rings. The first-order chi connectivity index (χ1) is 20.5. The van der Waals surface area contributed by atoms with E-state index in [1.807, 2.05) is 30.3 Å². The Hall–Kier alpha value is -4.23. The number of amides is 1. The SMILES string of the molecule is C=CC(=O)N1CCN(c2nc(OCC3CCCN3C)nc3c2CCN(c2ccc(F)c4ccccc24)C3)CC1CC#N. The number of piperazine rings is 1. The van der Waals surface area contributed by atoms with Crippen molar-refractivity contribution in [1.82, 2.24) is 19.8 Å². The fraction of sp³-hybridized carbons (Fsp3) is 0.438. The Kier molecular flexibility index (Phi) is 7.94. The van der Waals surface area contributed by atoms with Crippen LogP contribution in [0.1, 0.15) is 30.5 Å². The van der Waals surface area contributed by atoms with Gasteiger partial charge in [-0.2, -0.15) is 15.2 Å². The molecule has 2 atom stereocenters. The van der Waals surface area contributed by atoms with Gasteiger partial charge in [-0.3, -0.25) is 4.79 Å². The quantitative estimate of drug-likeness (QED) is 0.396. The number of benzene rings is 2. The van der Waals surface area contributed by atoms with Crippen molar-refractivity contribution in [3.63, 3.8) is 0 Å². The zero-order valence-corrected chi connectivity index (χ0v) is 24.0. The zero-order chi connectivity index (χ0) is 29.2. The summed E-state index contributed by atoms with van der Waals surface area (Å²) >= 11 is 0. The smallest absolute Gasteiger partial charge is 0.318 e. The highest BCUT2D eigenvalue weighted by atomic mass is 19.1. The number of hydrogen-bond donors (Lipinski definition) is 0. The van der Waals surface area contributed by atoms with Crippen molar-refractivity contribution in [1.29, 1.82) is 5.26 Å². The Balaban J connectivity index is 1.33. The summed E-state index contributed by atoms with van der Waals surface area (Å²) < 4.78 is 20.8. The molecule has 218 valence electrons. The highest BCUT2D eigenvalue weighted by Crippen LogP contribution is 2.35. The van der Waals surface area contributed by atoms with Crippen molar-refractivity contribution < 1.29 is 13.9 Å². The van der Waals surface area contributed by atoms with Crippen LogP contribution in [0.2, 0.25) is 0 Å². The molecule has 0 N–H and O–H groups in total. The van der Waals surface area contributed by atoms with E-state index >= 15 is 0 Å². The molecule has 0 aliphatic carbocycles. The van der Waals surface area contributed by atoms with E-state index in [9.17, 15) is 14.4 Å². The van der Waals surface area contributed by atoms with Gasteiger partial charge in [0.15, 0.2) is 0 Å². The van der Waals surface area contributed by atoms with Crippen LogP contribution < -0.4 is 14.5 Å². The number of ether oxygens (including phenoxy) is 1. The molecule has 0 saturated carbocycles. The fourth-order valence-corrected chi connectivity index (χ4v) is 6.54. The van der Waals surface area contributed by atoms with Crippen molar-refractivity contribution in [2.45, 2.75) is 44.3 Å². The van der Waals surface area contributed by atoms with Crippen LogP contribution in [0.15, 0.2) is 49.1 Å². The van der Waals surface area contributed by atoms with Crippen molar-refractivity contribution in [2.24, 2.45) is 0 Å². The highest BCUT2D eigenvalue weighted by molar-refractivity contribution is 5.94. The average molecular weight is 570 g/mol. The molecule has 0 radical (unpaired) electrons. The molecule has 3 aliphatic rings. The van der Waals surface area contributed by atoms with Gasteiger partial charge in [0.1, 0.15) is 18.2 Å². The maximum atomic E-state index is 14.6. The first-order valence-electron chi connectivity index (χ1n) is 14.7. The van der Waals surface area contributed by atoms with E-state index in [1.54, 1.807) is 4.90 Å². The Morgan fingerprint density at radius 1 is 1.12 bits per heavy atom. The van der Waals surface area contributed by atoms with E-state index in [0.717, 1.165) is 54.1 Å². The molecule has 1 amide bonds. The van der Waals surface area contributed by atoms with E-state index in [4.69, 9.17) is 14.7 Å². The van der Waals surface area contributed by atoms with Crippen LogP contribution in [-0.2, 0) is 17.8 Å². The number of rotatable bonds is 7. The number of carbonyl (C=O) groups is 1. The molecule has 2 unspecified atom stereocenters. The van der Waals surface area contributed by atoms with Crippen molar-refractivity contribution >= 4 is 28.2 Å². The standard InChI is InChI=1S/C32H36FN7O2/c1-3-30(41)40-18-17-39(19-22(40)12-14-34)31-26-13-16-38(29-11-10-27(33)24-8-4-5-9-25(24)29)20-28(26)35-32(36-31)42-21-23-7-6-15-37(23)2/h3-5,8-11,22-23H,1,6-7,12-13,15-21H2,2H3. The molecular weight excluding hydrogens is 533 g/mol. The van der Waals surface area contributed by atoms with Gasteiger partial charge in [-0.05, 0) is 51.1 Å². The molecule has 4 heterocycles. The molecular formula is C32H36FN7O2. The second-order valence-electron chi connectivity index (χ2n) is 11.3. The summed E-state index contributed by atoms with van der Waals surface area (Å²) in [7, 11) is 2.12. The molecule has 10 heteroatoms. The number of aromatic nitrogens is 2. The van der Waals surface area contributed by atoms with Crippen LogP contribution in [0, 0.1) is 17.1 Å². The highest BCUT2D eigenvalue weighted by Gasteiger charge is 2.33. The second kappa shape index (κ2) is 11.9. The maximum absolute atomic E-state index is 14.6. The third-order valence-corrected chi connectivity index (χ3v) is 8.85. The monoisotopic (exact) mass is 569 g/mol. The van der Waals surface area contributed by atoms with Crippen LogP contribution in [0.3, 0.4) is 0 Å². The molecule has 2 aromatic carbocycles. The van der Waals surface area contributed by atoms with Crippen LogP contribution in [-0.4, -0.2) is 84.1 Å². The molecule has 9 nitrogen and oxygen atoms in total. The molecule has 3 aliphatic heterocycles. The predicted octanol–water partition coefficient (Wildman–Crippen LogP) is 3.92. The van der Waals surface area contributed by atoms with Crippen molar-refractivity contribution in [3.8, 4) is 12.1 Å². The predicted molar refractivity (Wildman–Crippen MR) is 160 cm³/mol. The molecule has 6 rings (SSSR count). The second-order valence-corrected chi connectivity index (χ2v) is 11.3. The minimum absolute atomic E-state index is 0.161. The minimum Gasteiger partial charge on any atom is -0.462 e. The van der Waals surface area contributed by atoms with Gasteiger partial charge in [0.05, 0.1) is 30.8 Å². The molecule has 2 fully saturated rings. The van der Waals surface area contributed by atoms with Crippen LogP contribution >= 0.6 is 0 Å². The number of likely N-dealkylation sites (tertiary alicyclic amines) is 1. The number of hydrogen-bond acceptors (Lipinski definition) is 8. The van der Waals surface area contributed by atoms with Crippen LogP contribution in [0.25, 0.3) is 10.8 Å². The number of fused-ring (bicyclic) bond motifs is 2. The van der Waals surface area contributed by atoms with Gasteiger partial charge < -0.3 is 24.3 Å². The summed E-state index contributed by atoms with van der Waals surface area (Å²) in [5, 5.41) is 11.0. The third kappa shape index (κ3) is 5.37. The maximum Gasteiger partial charge on any atom is 0.318 e. The number of nitrogens with zero attached hydrogens (tertiary/aromatic N) is 7. The molecule has 0 bridgehead atoms. The summed E-state index contributed by atoms with van der Waals surface area (Å²) in [5.74, 6) is 0.420. The number of likely N-dealkylation sites (N-methyl/N-ethyl adjacent to an activating group) is 1. The van der Waals surface area contributed by atoms with E-state index < -0.39 is 0 Å². The first kappa shape index (κ1) is 27.9. The normalized spacial score (nSPS) is 20.8. The largest absolute Gasteiger partial charge is 0.462 e. The van der Waals surface area contributed by atoms with Gasteiger partial charge in [-0.1, -0.05) is 30.8 Å². The number of nitriles is 1. The lowest BCUT2D eigenvalue weighted by atomic mass is 10.0. The molecule has 42 heavy (non-hydrogen) atoms. The van der Waals surface area contributed by atoms with Gasteiger partial charge in [0, 0.05) is 54.2 Å². The zero-order valence-electron chi connectivity index (χ0n) is 24.0. The lowest BCUT2D eigenvalue weighted by molar-refractivity contribution is -0.128.